The van der Waals surface area contributed by atoms with Crippen LogP contribution in [0.15, 0.2) is 48.7 Å². The lowest BCUT2D eigenvalue weighted by Crippen LogP contribution is -2.25. The van der Waals surface area contributed by atoms with E-state index in [1.54, 1.807) is 23.5 Å². The minimum absolute atomic E-state index is 0.0955. The van der Waals surface area contributed by atoms with Crippen molar-refractivity contribution in [3.05, 3.63) is 65.3 Å². The molecule has 1 heterocycles. The van der Waals surface area contributed by atoms with Gasteiger partial charge in [-0.05, 0) is 81.7 Å². The first-order valence-corrected chi connectivity index (χ1v) is 12.3. The lowest BCUT2D eigenvalue weighted by molar-refractivity contribution is 0.0445. The molecule has 0 aliphatic heterocycles. The van der Waals surface area contributed by atoms with Crippen molar-refractivity contribution < 1.29 is 18.7 Å². The third-order valence-electron chi connectivity index (χ3n) is 6.11. The second kappa shape index (κ2) is 10.2. The van der Waals surface area contributed by atoms with Gasteiger partial charge in [0.2, 0.25) is 0 Å². The molecule has 3 aromatic rings. The zero-order valence-corrected chi connectivity index (χ0v) is 20.1. The number of aliphatic hydroxyl groups is 1. The number of rotatable bonds is 6. The van der Waals surface area contributed by atoms with Crippen molar-refractivity contribution in [3.63, 3.8) is 0 Å². The van der Waals surface area contributed by atoms with Crippen LogP contribution in [0.4, 0.5) is 25.0 Å². The van der Waals surface area contributed by atoms with Crippen LogP contribution >= 0.6 is 11.3 Å². The van der Waals surface area contributed by atoms with Gasteiger partial charge in [0.1, 0.15) is 11.6 Å². The maximum atomic E-state index is 13.7. The Labute approximate surface area is 202 Å². The fourth-order valence-electron chi connectivity index (χ4n) is 4.52. The molecular weight excluding hydrogens is 456 g/mol. The molecule has 180 valence electrons. The van der Waals surface area contributed by atoms with E-state index in [0.29, 0.717) is 17.5 Å². The second-order valence-corrected chi connectivity index (χ2v) is 10.6. The summed E-state index contributed by atoms with van der Waals surface area (Å²) in [6.45, 7) is 3.76. The molecule has 1 aromatic heterocycles. The van der Waals surface area contributed by atoms with Gasteiger partial charge in [-0.25, -0.2) is 18.6 Å². The largest absolute Gasteiger partial charge is 0.390 e. The maximum Gasteiger partial charge on any atom is 0.323 e. The summed E-state index contributed by atoms with van der Waals surface area (Å²) < 4.78 is 26.7. The van der Waals surface area contributed by atoms with Crippen molar-refractivity contribution in [1.29, 1.82) is 0 Å². The molecule has 1 saturated carbocycles. The van der Waals surface area contributed by atoms with Gasteiger partial charge in [0.25, 0.3) is 0 Å². The summed E-state index contributed by atoms with van der Waals surface area (Å²) in [7, 11) is 0. The molecule has 0 bridgehead atoms. The van der Waals surface area contributed by atoms with E-state index in [-0.39, 0.29) is 5.69 Å². The highest BCUT2D eigenvalue weighted by Gasteiger charge is 2.28. The Balaban J connectivity index is 1.32. The van der Waals surface area contributed by atoms with Crippen LogP contribution in [0, 0.1) is 17.6 Å². The molecule has 0 unspecified atom stereocenters. The number of benzene rings is 2. The van der Waals surface area contributed by atoms with Crippen LogP contribution in [-0.4, -0.2) is 21.7 Å². The normalized spacial score (nSPS) is 18.5. The third-order valence-corrected chi connectivity index (χ3v) is 7.32. The molecule has 1 aliphatic carbocycles. The lowest BCUT2D eigenvalue weighted by atomic mass is 9.78. The van der Waals surface area contributed by atoms with E-state index in [1.807, 2.05) is 32.2 Å². The first kappa shape index (κ1) is 24.3. The zero-order chi connectivity index (χ0) is 24.3. The number of carbonyl (C=O) groups is 1. The average molecular weight is 486 g/mol. The van der Waals surface area contributed by atoms with E-state index in [4.69, 9.17) is 0 Å². The minimum atomic E-state index is -0.836. The van der Waals surface area contributed by atoms with E-state index in [1.165, 1.54) is 6.07 Å². The summed E-state index contributed by atoms with van der Waals surface area (Å²) in [6.07, 6.45) is 7.18. The van der Waals surface area contributed by atoms with Crippen molar-refractivity contribution in [2.24, 2.45) is 5.92 Å². The number of hydrogen-bond donors (Lipinski definition) is 3. The summed E-state index contributed by atoms with van der Waals surface area (Å²) >= 11 is 1.70. The molecule has 2 amide bonds. The molecule has 0 atom stereocenters. The first-order chi connectivity index (χ1) is 16.2. The summed E-state index contributed by atoms with van der Waals surface area (Å²) in [5, 5.41) is 16.2. The van der Waals surface area contributed by atoms with Gasteiger partial charge < -0.3 is 15.7 Å². The number of amides is 2. The molecule has 0 saturated heterocycles. The second-order valence-electron chi connectivity index (χ2n) is 9.58. The minimum Gasteiger partial charge on any atom is -0.390 e. The van der Waals surface area contributed by atoms with E-state index in [0.717, 1.165) is 59.7 Å². The number of nitrogens with zero attached hydrogens (tertiary/aromatic N) is 1. The number of aromatic nitrogens is 1. The number of hydrogen-bond acceptors (Lipinski definition) is 4. The smallest absolute Gasteiger partial charge is 0.323 e. The molecule has 2 aromatic carbocycles. The van der Waals surface area contributed by atoms with Crippen molar-refractivity contribution >= 4 is 28.7 Å². The SMILES string of the molecule is CC(C)(O)CC1CCC(c2ncc(-c3ccc(NC(=O)Nc4ccc(F)cc4F)cc3)s2)CC1. The number of urea groups is 1. The third kappa shape index (κ3) is 6.39. The summed E-state index contributed by atoms with van der Waals surface area (Å²) in [4.78, 5) is 17.9. The van der Waals surface area contributed by atoms with E-state index < -0.39 is 23.3 Å². The molecule has 1 aliphatic rings. The highest BCUT2D eigenvalue weighted by Crippen LogP contribution is 2.41. The number of anilines is 2. The Hall–Kier alpha value is -2.84. The Morgan fingerprint density at radius 2 is 1.79 bits per heavy atom. The predicted molar refractivity (Wildman–Crippen MR) is 132 cm³/mol. The maximum absolute atomic E-state index is 13.7. The monoisotopic (exact) mass is 485 g/mol. The average Bonchev–Trinajstić information content (AvgIpc) is 3.26. The molecule has 3 N–H and O–H groups in total. The molecule has 0 spiro atoms. The van der Waals surface area contributed by atoms with Gasteiger partial charge in [-0.2, -0.15) is 0 Å². The Kier molecular flexibility index (Phi) is 7.28. The highest BCUT2D eigenvalue weighted by molar-refractivity contribution is 7.15. The molecule has 5 nitrogen and oxygen atoms in total. The Morgan fingerprint density at radius 1 is 1.09 bits per heavy atom. The van der Waals surface area contributed by atoms with Gasteiger partial charge in [-0.1, -0.05) is 12.1 Å². The van der Waals surface area contributed by atoms with Crippen molar-refractivity contribution in [1.82, 2.24) is 4.98 Å². The van der Waals surface area contributed by atoms with Crippen LogP contribution in [0.1, 0.15) is 56.9 Å². The summed E-state index contributed by atoms with van der Waals surface area (Å²) in [5.41, 5.74) is 0.862. The number of halogens is 2. The van der Waals surface area contributed by atoms with Crippen molar-refractivity contribution in [2.75, 3.05) is 10.6 Å². The van der Waals surface area contributed by atoms with E-state index in [9.17, 15) is 18.7 Å². The topological polar surface area (TPSA) is 74.2 Å². The molecule has 1 fully saturated rings. The Morgan fingerprint density at radius 3 is 2.44 bits per heavy atom. The zero-order valence-electron chi connectivity index (χ0n) is 19.3. The van der Waals surface area contributed by atoms with Gasteiger partial charge in [-0.15, -0.1) is 11.3 Å². The number of nitrogens with one attached hydrogen (secondary N) is 2. The van der Waals surface area contributed by atoms with Crippen LogP contribution < -0.4 is 10.6 Å². The van der Waals surface area contributed by atoms with Crippen LogP contribution in [0.3, 0.4) is 0 Å². The standard InChI is InChI=1S/C26H29F2N3O2S/c1-26(2,33)14-16-3-5-18(6-4-16)24-29-15-23(34-24)17-7-10-20(11-8-17)30-25(32)31-22-12-9-19(27)13-21(22)28/h7-13,15-16,18,33H,3-6,14H2,1-2H3,(H2,30,31,32). The first-order valence-electron chi connectivity index (χ1n) is 11.5. The number of thiazole rings is 1. The van der Waals surface area contributed by atoms with Crippen LogP contribution in [0.2, 0.25) is 0 Å². The predicted octanol–water partition coefficient (Wildman–Crippen LogP) is 7.17. The van der Waals surface area contributed by atoms with Gasteiger partial charge >= 0.3 is 6.03 Å². The van der Waals surface area contributed by atoms with Crippen molar-refractivity contribution in [2.45, 2.75) is 57.5 Å². The van der Waals surface area contributed by atoms with Crippen molar-refractivity contribution in [3.8, 4) is 10.4 Å². The highest BCUT2D eigenvalue weighted by atomic mass is 32.1. The molecule has 4 rings (SSSR count). The fourth-order valence-corrected chi connectivity index (χ4v) is 5.62. The van der Waals surface area contributed by atoms with Gasteiger partial charge in [0, 0.05) is 23.9 Å². The fraction of sp³-hybridized carbons (Fsp3) is 0.385. The molecule has 0 radical (unpaired) electrons. The van der Waals surface area contributed by atoms with Gasteiger partial charge in [0.15, 0.2) is 0 Å². The molecule has 8 heteroatoms. The quantitative estimate of drug-likeness (QED) is 0.347. The molecule has 34 heavy (non-hydrogen) atoms. The number of carbonyl (C=O) groups excluding carboxylic acids is 1. The van der Waals surface area contributed by atoms with Crippen LogP contribution in [-0.2, 0) is 0 Å². The Bertz CT molecular complexity index is 1130. The molecular formula is C26H29F2N3O2S. The lowest BCUT2D eigenvalue weighted by Gasteiger charge is -2.31. The van der Waals surface area contributed by atoms with Gasteiger partial charge in [-0.3, -0.25) is 0 Å². The summed E-state index contributed by atoms with van der Waals surface area (Å²) in [6, 6.07) is 9.73. The van der Waals surface area contributed by atoms with Gasteiger partial charge in [0.05, 0.1) is 21.2 Å². The van der Waals surface area contributed by atoms with E-state index >= 15 is 0 Å². The summed E-state index contributed by atoms with van der Waals surface area (Å²) in [5.74, 6) is -0.498. The van der Waals surface area contributed by atoms with Crippen LogP contribution in [0.5, 0.6) is 0 Å². The van der Waals surface area contributed by atoms with E-state index in [2.05, 4.69) is 15.6 Å². The van der Waals surface area contributed by atoms with Crippen LogP contribution in [0.25, 0.3) is 10.4 Å².